The molecule has 2 aromatic rings. The summed E-state index contributed by atoms with van der Waals surface area (Å²) in [6.45, 7) is -0.236. The van der Waals surface area contributed by atoms with Crippen molar-refractivity contribution in [3.05, 3.63) is 53.6 Å². The third-order valence-corrected chi connectivity index (χ3v) is 4.90. The summed E-state index contributed by atoms with van der Waals surface area (Å²) < 4.78 is 5.20. The first-order valence-corrected chi connectivity index (χ1v) is 9.78. The van der Waals surface area contributed by atoms with Crippen LogP contribution in [-0.4, -0.2) is 55.1 Å². The number of halogens is 1. The Morgan fingerprint density at radius 2 is 1.97 bits per heavy atom. The Labute approximate surface area is 184 Å². The molecule has 0 aliphatic carbocycles. The van der Waals surface area contributed by atoms with Gasteiger partial charge in [-0.25, -0.2) is 0 Å². The van der Waals surface area contributed by atoms with Gasteiger partial charge in [-0.2, -0.15) is 5.10 Å². The lowest BCUT2D eigenvalue weighted by molar-refractivity contribution is -0.127. The largest absolute Gasteiger partial charge is 0.495 e. The number of rotatable bonds is 7. The molecule has 0 spiro atoms. The number of nitrogens with zero attached hydrogens (tertiary/aromatic N) is 3. The highest BCUT2D eigenvalue weighted by Crippen LogP contribution is 2.28. The Kier molecular flexibility index (Phi) is 6.76. The van der Waals surface area contributed by atoms with Crippen molar-refractivity contribution in [1.82, 2.24) is 4.90 Å². The maximum atomic E-state index is 12.8. The van der Waals surface area contributed by atoms with Crippen LogP contribution in [0.5, 0.6) is 5.75 Å². The number of carbonyl (C=O) groups excluding carboxylic acids is 3. The highest BCUT2D eigenvalue weighted by Gasteiger charge is 2.36. The summed E-state index contributed by atoms with van der Waals surface area (Å²) in [6, 6.07) is 13.0. The number of anilines is 2. The molecule has 9 nitrogen and oxygen atoms in total. The predicted molar refractivity (Wildman–Crippen MR) is 118 cm³/mol. The zero-order valence-electron chi connectivity index (χ0n) is 17.0. The van der Waals surface area contributed by atoms with E-state index < -0.39 is 23.8 Å². The quantitative estimate of drug-likeness (QED) is 0.677. The van der Waals surface area contributed by atoms with Crippen LogP contribution in [0.15, 0.2) is 53.6 Å². The lowest BCUT2D eigenvalue weighted by Gasteiger charge is -2.20. The minimum atomic E-state index is -0.778. The van der Waals surface area contributed by atoms with Crippen molar-refractivity contribution in [2.75, 3.05) is 31.0 Å². The number of hydrazone groups is 1. The number of methoxy groups -OCH3 is 1. The van der Waals surface area contributed by atoms with Crippen LogP contribution in [0.4, 0.5) is 11.4 Å². The number of nitrogens with two attached hydrogens (primary N) is 1. The van der Waals surface area contributed by atoms with Gasteiger partial charge in [0.2, 0.25) is 11.8 Å². The van der Waals surface area contributed by atoms with Gasteiger partial charge in [0.15, 0.2) is 0 Å². The predicted octanol–water partition coefficient (Wildman–Crippen LogP) is 1.87. The normalized spacial score (nSPS) is 15.3. The number of benzene rings is 2. The number of amides is 3. The molecule has 0 fully saturated rings. The monoisotopic (exact) mass is 443 g/mol. The summed E-state index contributed by atoms with van der Waals surface area (Å²) in [5, 5.41) is 8.84. The maximum absolute atomic E-state index is 12.8. The fraction of sp³-hybridized carbons (Fsp3) is 0.238. The van der Waals surface area contributed by atoms with Gasteiger partial charge in [-0.15, -0.1) is 0 Å². The Morgan fingerprint density at radius 1 is 1.26 bits per heavy atom. The van der Waals surface area contributed by atoms with E-state index in [1.54, 1.807) is 42.5 Å². The molecule has 1 unspecified atom stereocenters. The number of likely N-dealkylation sites (N-methyl/N-ethyl adjacent to an activating group) is 1. The third-order valence-electron chi connectivity index (χ3n) is 4.67. The maximum Gasteiger partial charge on any atom is 0.270 e. The number of ether oxygens (including phenoxy) is 1. The topological polar surface area (TPSA) is 117 Å². The molecule has 1 aliphatic rings. The van der Waals surface area contributed by atoms with Gasteiger partial charge < -0.3 is 20.7 Å². The molecule has 10 heteroatoms. The number of hydrogen-bond acceptors (Lipinski definition) is 6. The van der Waals surface area contributed by atoms with E-state index in [2.05, 4.69) is 10.4 Å². The molecular formula is C21H22ClN5O4. The van der Waals surface area contributed by atoms with Crippen molar-refractivity contribution >= 4 is 46.4 Å². The smallest absolute Gasteiger partial charge is 0.270 e. The van der Waals surface area contributed by atoms with E-state index in [0.29, 0.717) is 22.1 Å². The molecule has 2 aromatic carbocycles. The van der Waals surface area contributed by atoms with E-state index in [0.717, 1.165) is 0 Å². The minimum Gasteiger partial charge on any atom is -0.495 e. The molecule has 0 aromatic heterocycles. The van der Waals surface area contributed by atoms with Crippen molar-refractivity contribution in [3.63, 3.8) is 0 Å². The van der Waals surface area contributed by atoms with Gasteiger partial charge in [-0.1, -0.05) is 29.8 Å². The summed E-state index contributed by atoms with van der Waals surface area (Å²) in [7, 11) is 2.95. The summed E-state index contributed by atoms with van der Waals surface area (Å²) in [5.41, 5.74) is 6.68. The van der Waals surface area contributed by atoms with E-state index in [1.165, 1.54) is 24.1 Å². The van der Waals surface area contributed by atoms with Gasteiger partial charge in [-0.3, -0.25) is 19.4 Å². The molecule has 31 heavy (non-hydrogen) atoms. The van der Waals surface area contributed by atoms with Crippen LogP contribution in [0.1, 0.15) is 6.42 Å². The van der Waals surface area contributed by atoms with Crippen LogP contribution in [0.3, 0.4) is 0 Å². The second-order valence-electron chi connectivity index (χ2n) is 6.90. The van der Waals surface area contributed by atoms with Crippen molar-refractivity contribution < 1.29 is 19.1 Å². The van der Waals surface area contributed by atoms with E-state index in [1.807, 2.05) is 6.07 Å². The summed E-state index contributed by atoms with van der Waals surface area (Å²) in [6.07, 6.45) is 0.0527. The number of carbonyl (C=O) groups is 3. The highest BCUT2D eigenvalue weighted by molar-refractivity contribution is 6.40. The van der Waals surface area contributed by atoms with Crippen LogP contribution < -0.4 is 20.8 Å². The number of para-hydroxylation sites is 1. The minimum absolute atomic E-state index is 0.0527. The van der Waals surface area contributed by atoms with Gasteiger partial charge in [0.1, 0.15) is 17.5 Å². The molecule has 3 N–H and O–H groups in total. The summed E-state index contributed by atoms with van der Waals surface area (Å²) in [5.74, 6) is -1.07. The zero-order valence-corrected chi connectivity index (χ0v) is 17.8. The average Bonchev–Trinajstić information content (AvgIpc) is 3.19. The summed E-state index contributed by atoms with van der Waals surface area (Å²) in [4.78, 5) is 38.4. The van der Waals surface area contributed by atoms with Crippen molar-refractivity contribution in [3.8, 4) is 5.75 Å². The Morgan fingerprint density at radius 3 is 2.61 bits per heavy atom. The molecule has 3 rings (SSSR count). The van der Waals surface area contributed by atoms with Crippen LogP contribution in [-0.2, 0) is 14.4 Å². The Bertz CT molecular complexity index is 1030. The first kappa shape index (κ1) is 22.1. The van der Waals surface area contributed by atoms with Gasteiger partial charge in [-0.05, 0) is 30.3 Å². The molecule has 0 saturated carbocycles. The van der Waals surface area contributed by atoms with E-state index in [9.17, 15) is 14.4 Å². The molecule has 0 radical (unpaired) electrons. The first-order valence-electron chi connectivity index (χ1n) is 9.40. The Balaban J connectivity index is 1.70. The standard InChI is InChI=1S/C21H22ClN5O4/c1-26(12-19(28)24-15-10-13(22)8-9-18(15)31-2)21(30)16-11-17(20(23)29)27(25-16)14-6-4-3-5-7-14/h3-10,17H,11-12H2,1-2H3,(H2,23,29)(H,24,28). The average molecular weight is 444 g/mol. The molecule has 1 heterocycles. The molecule has 1 atom stereocenters. The third kappa shape index (κ3) is 5.13. The fourth-order valence-corrected chi connectivity index (χ4v) is 3.33. The van der Waals surface area contributed by atoms with Crippen LogP contribution in [0, 0.1) is 0 Å². The number of primary amides is 1. The van der Waals surface area contributed by atoms with Gasteiger partial charge in [0.05, 0.1) is 25.0 Å². The molecule has 1 aliphatic heterocycles. The van der Waals surface area contributed by atoms with E-state index in [-0.39, 0.29) is 18.7 Å². The lowest BCUT2D eigenvalue weighted by atomic mass is 10.1. The molecular weight excluding hydrogens is 422 g/mol. The zero-order chi connectivity index (χ0) is 22.5. The molecule has 3 amide bonds. The van der Waals surface area contributed by atoms with Crippen molar-refractivity contribution in [2.45, 2.75) is 12.5 Å². The summed E-state index contributed by atoms with van der Waals surface area (Å²) >= 11 is 5.97. The van der Waals surface area contributed by atoms with Gasteiger partial charge in [0, 0.05) is 18.5 Å². The lowest BCUT2D eigenvalue weighted by Crippen LogP contribution is -2.41. The second-order valence-corrected chi connectivity index (χ2v) is 7.34. The SMILES string of the molecule is COc1ccc(Cl)cc1NC(=O)CN(C)C(=O)C1=NN(c2ccccc2)C(C(N)=O)C1. The van der Waals surface area contributed by atoms with Gasteiger partial charge in [0.25, 0.3) is 5.91 Å². The fourth-order valence-electron chi connectivity index (χ4n) is 3.15. The molecule has 162 valence electrons. The first-order chi connectivity index (χ1) is 14.8. The van der Waals surface area contributed by atoms with E-state index in [4.69, 9.17) is 22.1 Å². The van der Waals surface area contributed by atoms with Crippen LogP contribution >= 0.6 is 11.6 Å². The molecule has 0 saturated heterocycles. The highest BCUT2D eigenvalue weighted by atomic mass is 35.5. The van der Waals surface area contributed by atoms with Crippen LogP contribution in [0.25, 0.3) is 0 Å². The van der Waals surface area contributed by atoms with E-state index >= 15 is 0 Å². The van der Waals surface area contributed by atoms with Crippen molar-refractivity contribution in [1.29, 1.82) is 0 Å². The molecule has 0 bridgehead atoms. The van der Waals surface area contributed by atoms with Crippen LogP contribution in [0.2, 0.25) is 5.02 Å². The second kappa shape index (κ2) is 9.48. The van der Waals surface area contributed by atoms with Crippen molar-refractivity contribution in [2.24, 2.45) is 10.8 Å². The van der Waals surface area contributed by atoms with Gasteiger partial charge >= 0.3 is 0 Å². The number of nitrogens with one attached hydrogen (secondary N) is 1. The number of hydrogen-bond donors (Lipinski definition) is 2. The Hall–Kier alpha value is -3.59.